The summed E-state index contributed by atoms with van der Waals surface area (Å²) in [7, 11) is 0. The minimum Gasteiger partial charge on any atom is -0.490 e. The van der Waals surface area contributed by atoms with Crippen LogP contribution >= 0.6 is 0 Å². The first-order chi connectivity index (χ1) is 13.3. The number of hydrogen-bond donors (Lipinski definition) is 0. The molecular formula is C24H41O3. The zero-order chi connectivity index (χ0) is 19.6. The Morgan fingerprint density at radius 3 is 1.37 bits per heavy atom. The van der Waals surface area contributed by atoms with Crippen LogP contribution in [0.2, 0.25) is 0 Å². The molecule has 0 fully saturated rings. The Labute approximate surface area is 167 Å². The van der Waals surface area contributed by atoms with Crippen molar-refractivity contribution >= 4 is 0 Å². The van der Waals surface area contributed by atoms with Crippen molar-refractivity contribution in [3.63, 3.8) is 0 Å². The van der Waals surface area contributed by atoms with Gasteiger partial charge in [0, 0.05) is 0 Å². The molecule has 1 aromatic carbocycles. The van der Waals surface area contributed by atoms with E-state index in [9.17, 15) is 0 Å². The van der Waals surface area contributed by atoms with Crippen molar-refractivity contribution in [2.24, 2.45) is 0 Å². The zero-order valence-electron chi connectivity index (χ0n) is 18.0. The highest BCUT2D eigenvalue weighted by Gasteiger charge is 2.13. The number of unbranched alkanes of at least 4 members (excludes halogenated alkanes) is 9. The van der Waals surface area contributed by atoms with E-state index in [0.717, 1.165) is 49.7 Å². The summed E-state index contributed by atoms with van der Waals surface area (Å²) in [5.41, 5.74) is 0. The van der Waals surface area contributed by atoms with E-state index >= 15 is 0 Å². The standard InChI is InChI=1S/C24H41O3/c1-4-7-10-13-19-25-22-17-16-18-23(26-20-14-11-8-5-2)24(22)27-21-15-12-9-6-3/h17-18H,4-15,19-21H2,1-3H3. The molecule has 0 atom stereocenters. The predicted molar refractivity (Wildman–Crippen MR) is 114 cm³/mol. The van der Waals surface area contributed by atoms with Crippen molar-refractivity contribution in [2.75, 3.05) is 19.8 Å². The second-order valence-corrected chi connectivity index (χ2v) is 7.24. The van der Waals surface area contributed by atoms with Crippen molar-refractivity contribution in [3.8, 4) is 17.2 Å². The Hall–Kier alpha value is -1.38. The van der Waals surface area contributed by atoms with Crippen molar-refractivity contribution in [2.45, 2.75) is 97.8 Å². The van der Waals surface area contributed by atoms with Gasteiger partial charge in [0.25, 0.3) is 0 Å². The lowest BCUT2D eigenvalue weighted by molar-refractivity contribution is 0.234. The molecule has 0 heterocycles. The number of benzene rings is 1. The van der Waals surface area contributed by atoms with Gasteiger partial charge in [-0.15, -0.1) is 0 Å². The van der Waals surface area contributed by atoms with Crippen LogP contribution in [0.3, 0.4) is 0 Å². The molecule has 0 bridgehead atoms. The van der Waals surface area contributed by atoms with Crippen LogP contribution in [0.4, 0.5) is 0 Å². The van der Waals surface area contributed by atoms with Crippen molar-refractivity contribution in [1.82, 2.24) is 0 Å². The molecule has 0 saturated carbocycles. The van der Waals surface area contributed by atoms with Crippen LogP contribution in [0, 0.1) is 6.07 Å². The van der Waals surface area contributed by atoms with Gasteiger partial charge < -0.3 is 14.2 Å². The third kappa shape index (κ3) is 11.1. The van der Waals surface area contributed by atoms with Gasteiger partial charge >= 0.3 is 0 Å². The van der Waals surface area contributed by atoms with Crippen LogP contribution in [-0.2, 0) is 0 Å². The maximum absolute atomic E-state index is 6.10. The van der Waals surface area contributed by atoms with Crippen molar-refractivity contribution in [1.29, 1.82) is 0 Å². The van der Waals surface area contributed by atoms with Gasteiger partial charge in [0.15, 0.2) is 11.5 Å². The molecule has 1 radical (unpaired) electrons. The third-order valence-corrected chi connectivity index (χ3v) is 4.63. The summed E-state index contributed by atoms with van der Waals surface area (Å²) >= 11 is 0. The topological polar surface area (TPSA) is 27.7 Å². The summed E-state index contributed by atoms with van der Waals surface area (Å²) in [6, 6.07) is 6.92. The predicted octanol–water partition coefficient (Wildman–Crippen LogP) is 7.36. The van der Waals surface area contributed by atoms with Gasteiger partial charge in [-0.3, -0.25) is 0 Å². The van der Waals surface area contributed by atoms with Crippen LogP contribution in [0.15, 0.2) is 12.1 Å². The molecule has 3 heteroatoms. The maximum Gasteiger partial charge on any atom is 0.203 e. The Morgan fingerprint density at radius 1 is 0.556 bits per heavy atom. The number of rotatable bonds is 18. The molecule has 0 N–H and O–H groups in total. The fourth-order valence-electron chi connectivity index (χ4n) is 2.93. The maximum atomic E-state index is 6.10. The molecule has 1 rings (SSSR count). The second-order valence-electron chi connectivity index (χ2n) is 7.24. The quantitative estimate of drug-likeness (QED) is 0.250. The largest absolute Gasteiger partial charge is 0.490 e. The Balaban J connectivity index is 2.60. The van der Waals surface area contributed by atoms with E-state index < -0.39 is 0 Å². The molecule has 0 unspecified atom stereocenters. The second kappa shape index (κ2) is 16.8. The van der Waals surface area contributed by atoms with Crippen LogP contribution < -0.4 is 14.2 Å². The molecule has 155 valence electrons. The summed E-state index contributed by atoms with van der Waals surface area (Å²) in [4.78, 5) is 0. The lowest BCUT2D eigenvalue weighted by atomic mass is 10.2. The van der Waals surface area contributed by atoms with Gasteiger partial charge in [-0.1, -0.05) is 78.6 Å². The average Bonchev–Trinajstić information content (AvgIpc) is 2.68. The normalized spacial score (nSPS) is 10.8. The van der Waals surface area contributed by atoms with E-state index in [0.29, 0.717) is 6.61 Å². The smallest absolute Gasteiger partial charge is 0.203 e. The van der Waals surface area contributed by atoms with Crippen molar-refractivity contribution in [3.05, 3.63) is 18.2 Å². The molecule has 0 spiro atoms. The fourth-order valence-corrected chi connectivity index (χ4v) is 2.93. The van der Waals surface area contributed by atoms with Gasteiger partial charge in [-0.2, -0.15) is 0 Å². The van der Waals surface area contributed by atoms with Crippen LogP contribution in [0.1, 0.15) is 97.8 Å². The zero-order valence-corrected chi connectivity index (χ0v) is 18.0. The van der Waals surface area contributed by atoms with Gasteiger partial charge in [-0.05, 0) is 37.5 Å². The van der Waals surface area contributed by atoms with E-state index in [1.54, 1.807) is 0 Å². The molecule has 27 heavy (non-hydrogen) atoms. The first-order valence-electron chi connectivity index (χ1n) is 11.3. The Kier molecular flexibility index (Phi) is 14.7. The Morgan fingerprint density at radius 2 is 0.963 bits per heavy atom. The third-order valence-electron chi connectivity index (χ3n) is 4.63. The number of ether oxygens (including phenoxy) is 3. The van der Waals surface area contributed by atoms with Crippen molar-refractivity contribution < 1.29 is 14.2 Å². The summed E-state index contributed by atoms with van der Waals surface area (Å²) in [6.07, 6.45) is 14.3. The fraction of sp³-hybridized carbons (Fsp3) is 0.750. The number of hydrogen-bond acceptors (Lipinski definition) is 3. The van der Waals surface area contributed by atoms with E-state index in [-0.39, 0.29) is 0 Å². The molecule has 0 aliphatic heterocycles. The van der Waals surface area contributed by atoms with Crippen LogP contribution in [0.5, 0.6) is 17.2 Å². The van der Waals surface area contributed by atoms with Crippen LogP contribution in [-0.4, -0.2) is 19.8 Å². The first-order valence-corrected chi connectivity index (χ1v) is 11.3. The summed E-state index contributed by atoms with van der Waals surface area (Å²) in [6.45, 7) is 8.83. The summed E-state index contributed by atoms with van der Waals surface area (Å²) in [5.74, 6) is 2.30. The van der Waals surface area contributed by atoms with Gasteiger partial charge in [0.1, 0.15) is 0 Å². The molecule has 0 amide bonds. The Bertz CT molecular complexity index is 427. The molecule has 0 saturated heterocycles. The molecular weight excluding hydrogens is 336 g/mol. The highest BCUT2D eigenvalue weighted by molar-refractivity contribution is 5.50. The first kappa shape index (κ1) is 23.7. The minimum atomic E-state index is 0.711. The minimum absolute atomic E-state index is 0.711. The highest BCUT2D eigenvalue weighted by atomic mass is 16.5. The highest BCUT2D eigenvalue weighted by Crippen LogP contribution is 2.37. The van der Waals surface area contributed by atoms with Gasteiger partial charge in [0.05, 0.1) is 19.8 Å². The van der Waals surface area contributed by atoms with E-state index in [1.165, 1.54) is 57.8 Å². The van der Waals surface area contributed by atoms with E-state index in [1.807, 2.05) is 12.1 Å². The molecule has 3 nitrogen and oxygen atoms in total. The molecule has 0 aromatic heterocycles. The molecule has 0 aliphatic carbocycles. The summed E-state index contributed by atoms with van der Waals surface area (Å²) in [5, 5.41) is 0. The lowest BCUT2D eigenvalue weighted by Crippen LogP contribution is -2.06. The van der Waals surface area contributed by atoms with Gasteiger partial charge in [-0.25, -0.2) is 0 Å². The molecule has 1 aromatic rings. The monoisotopic (exact) mass is 377 g/mol. The van der Waals surface area contributed by atoms with E-state index in [4.69, 9.17) is 14.2 Å². The lowest BCUT2D eigenvalue weighted by Gasteiger charge is -2.17. The molecule has 0 aliphatic rings. The summed E-state index contributed by atoms with van der Waals surface area (Å²) < 4.78 is 18.1. The SMILES string of the molecule is CCCCCCOc1c[c]cc(OCCCCCC)c1OCCCCCC. The average molecular weight is 378 g/mol. The van der Waals surface area contributed by atoms with E-state index in [2.05, 4.69) is 26.8 Å². The van der Waals surface area contributed by atoms with Crippen LogP contribution in [0.25, 0.3) is 0 Å². The van der Waals surface area contributed by atoms with Gasteiger partial charge in [0.2, 0.25) is 5.75 Å².